The summed E-state index contributed by atoms with van der Waals surface area (Å²) in [6, 6.07) is 0. The van der Waals surface area contributed by atoms with Gasteiger partial charge in [0, 0.05) is 19.4 Å². The Morgan fingerprint density at radius 2 is 1.67 bits per heavy atom. The summed E-state index contributed by atoms with van der Waals surface area (Å²) in [7, 11) is 0. The van der Waals surface area contributed by atoms with Crippen LogP contribution in [0.1, 0.15) is 58.3 Å². The van der Waals surface area contributed by atoms with Crippen LogP contribution in [-0.2, 0) is 9.59 Å². The van der Waals surface area contributed by atoms with Crippen LogP contribution in [0.5, 0.6) is 0 Å². The third-order valence-corrected chi connectivity index (χ3v) is 4.59. The van der Waals surface area contributed by atoms with E-state index in [1.54, 1.807) is 4.90 Å². The fraction of sp³-hybridized carbons (Fsp3) is 0.857. The van der Waals surface area contributed by atoms with Gasteiger partial charge >= 0.3 is 0 Å². The first-order chi connectivity index (χ1) is 8.59. The molecule has 1 aliphatic heterocycles. The summed E-state index contributed by atoms with van der Waals surface area (Å²) in [5, 5.41) is 0. The van der Waals surface area contributed by atoms with Crippen molar-refractivity contribution in [1.82, 2.24) is 4.90 Å². The quantitative estimate of drug-likeness (QED) is 0.762. The van der Waals surface area contributed by atoms with Crippen LogP contribution < -0.4 is 5.73 Å². The van der Waals surface area contributed by atoms with E-state index in [2.05, 4.69) is 6.92 Å². The van der Waals surface area contributed by atoms with Gasteiger partial charge in [-0.15, -0.1) is 0 Å². The molecule has 0 aromatic rings. The van der Waals surface area contributed by atoms with Crippen LogP contribution in [0.15, 0.2) is 0 Å². The molecule has 0 spiro atoms. The molecule has 0 aromatic heterocycles. The van der Waals surface area contributed by atoms with E-state index in [9.17, 15) is 9.59 Å². The first-order valence-electron chi connectivity index (χ1n) is 7.15. The van der Waals surface area contributed by atoms with Crippen LogP contribution >= 0.6 is 0 Å². The zero-order valence-corrected chi connectivity index (χ0v) is 11.3. The van der Waals surface area contributed by atoms with Gasteiger partial charge in [-0.1, -0.05) is 6.92 Å². The molecule has 2 aliphatic rings. The lowest BCUT2D eigenvalue weighted by molar-refractivity contribution is -0.153. The maximum Gasteiger partial charge on any atom is 0.229 e. The Morgan fingerprint density at radius 1 is 1.17 bits per heavy atom. The number of hydrogen-bond acceptors (Lipinski definition) is 3. The van der Waals surface area contributed by atoms with Crippen LogP contribution in [0.25, 0.3) is 0 Å². The average Bonchev–Trinajstić information content (AvgIpc) is 2.53. The topological polar surface area (TPSA) is 63.4 Å². The molecule has 1 heterocycles. The average molecular weight is 252 g/mol. The summed E-state index contributed by atoms with van der Waals surface area (Å²) in [5.41, 5.74) is 5.56. The van der Waals surface area contributed by atoms with Crippen molar-refractivity contribution >= 4 is 11.8 Å². The molecule has 2 N–H and O–H groups in total. The number of likely N-dealkylation sites (tertiary alicyclic amines) is 1. The van der Waals surface area contributed by atoms with Gasteiger partial charge in [-0.25, -0.2) is 0 Å². The minimum Gasteiger partial charge on any atom is -0.328 e. The summed E-state index contributed by atoms with van der Waals surface area (Å²) in [6.45, 7) is 2.64. The van der Waals surface area contributed by atoms with Gasteiger partial charge < -0.3 is 5.73 Å². The highest BCUT2D eigenvalue weighted by atomic mass is 16.2. The zero-order chi connectivity index (χ0) is 13.2. The summed E-state index contributed by atoms with van der Waals surface area (Å²) in [5.74, 6) is 0.678. The van der Waals surface area contributed by atoms with Crippen LogP contribution in [0.2, 0.25) is 0 Å². The Labute approximate surface area is 109 Å². The van der Waals surface area contributed by atoms with Gasteiger partial charge in [0.1, 0.15) is 0 Å². The molecule has 2 amide bonds. The van der Waals surface area contributed by atoms with Gasteiger partial charge in [0.15, 0.2) is 0 Å². The highest BCUT2D eigenvalue weighted by molar-refractivity contribution is 5.97. The van der Waals surface area contributed by atoms with Crippen molar-refractivity contribution in [3.63, 3.8) is 0 Å². The first kappa shape index (κ1) is 13.5. The molecule has 0 unspecified atom stereocenters. The molecule has 18 heavy (non-hydrogen) atoms. The smallest absolute Gasteiger partial charge is 0.229 e. The molecular weight excluding hydrogens is 228 g/mol. The van der Waals surface area contributed by atoms with E-state index < -0.39 is 0 Å². The fourth-order valence-corrected chi connectivity index (χ4v) is 3.26. The number of nitrogens with two attached hydrogens (primary N) is 1. The van der Waals surface area contributed by atoms with E-state index in [0.29, 0.717) is 25.3 Å². The maximum absolute atomic E-state index is 12.2. The number of imide groups is 1. The van der Waals surface area contributed by atoms with Crippen molar-refractivity contribution in [3.8, 4) is 0 Å². The SMILES string of the molecule is CC1CCC(CN)(N2C(=O)CCCCC2=O)CC1. The largest absolute Gasteiger partial charge is 0.328 e. The number of hydrogen-bond donors (Lipinski definition) is 1. The van der Waals surface area contributed by atoms with Gasteiger partial charge in [0.05, 0.1) is 5.54 Å². The monoisotopic (exact) mass is 252 g/mol. The standard InChI is InChI=1S/C14H24N2O2/c1-11-6-8-14(10-15,9-7-11)16-12(17)4-2-3-5-13(16)18/h11H,2-10,15H2,1H3. The lowest BCUT2D eigenvalue weighted by Crippen LogP contribution is -2.59. The van der Waals surface area contributed by atoms with Crippen molar-refractivity contribution in [1.29, 1.82) is 0 Å². The second kappa shape index (κ2) is 5.39. The molecule has 0 atom stereocenters. The van der Waals surface area contributed by atoms with E-state index in [-0.39, 0.29) is 17.4 Å². The fourth-order valence-electron chi connectivity index (χ4n) is 3.26. The van der Waals surface area contributed by atoms with Crippen LogP contribution in [0.4, 0.5) is 0 Å². The summed E-state index contributed by atoms with van der Waals surface area (Å²) in [4.78, 5) is 26.0. The Bertz CT molecular complexity index is 315. The normalized spacial score (nSPS) is 34.6. The highest BCUT2D eigenvalue weighted by Gasteiger charge is 2.44. The molecule has 102 valence electrons. The number of nitrogens with zero attached hydrogens (tertiary/aromatic N) is 1. The molecule has 2 rings (SSSR count). The van der Waals surface area contributed by atoms with Crippen molar-refractivity contribution < 1.29 is 9.59 Å². The number of amides is 2. The van der Waals surface area contributed by atoms with Gasteiger partial charge in [0.25, 0.3) is 0 Å². The van der Waals surface area contributed by atoms with Gasteiger partial charge in [0.2, 0.25) is 11.8 Å². The molecule has 1 aliphatic carbocycles. The molecular formula is C14H24N2O2. The lowest BCUT2D eigenvalue weighted by atomic mass is 9.75. The minimum atomic E-state index is -0.384. The van der Waals surface area contributed by atoms with E-state index in [1.807, 2.05) is 0 Å². The lowest BCUT2D eigenvalue weighted by Gasteiger charge is -2.45. The van der Waals surface area contributed by atoms with E-state index in [0.717, 1.165) is 38.5 Å². The third kappa shape index (κ3) is 2.44. The second-order valence-corrected chi connectivity index (χ2v) is 5.94. The number of carbonyl (C=O) groups is 2. The number of rotatable bonds is 2. The molecule has 1 saturated carbocycles. The van der Waals surface area contributed by atoms with E-state index >= 15 is 0 Å². The minimum absolute atomic E-state index is 0.00231. The summed E-state index contributed by atoms with van der Waals surface area (Å²) < 4.78 is 0. The molecule has 0 aromatic carbocycles. The van der Waals surface area contributed by atoms with Crippen molar-refractivity contribution in [2.45, 2.75) is 63.8 Å². The summed E-state index contributed by atoms with van der Waals surface area (Å²) in [6.07, 6.45) is 6.55. The molecule has 0 radical (unpaired) electrons. The van der Waals surface area contributed by atoms with E-state index in [4.69, 9.17) is 5.73 Å². The molecule has 4 heteroatoms. The molecule has 2 fully saturated rings. The predicted octanol–water partition coefficient (Wildman–Crippen LogP) is 1.82. The molecule has 0 bridgehead atoms. The summed E-state index contributed by atoms with van der Waals surface area (Å²) >= 11 is 0. The Kier molecular flexibility index (Phi) is 4.05. The third-order valence-electron chi connectivity index (χ3n) is 4.59. The van der Waals surface area contributed by atoms with Crippen molar-refractivity contribution in [2.24, 2.45) is 11.7 Å². The molecule has 4 nitrogen and oxygen atoms in total. The van der Waals surface area contributed by atoms with Gasteiger partial charge in [-0.3, -0.25) is 14.5 Å². The van der Waals surface area contributed by atoms with E-state index in [1.165, 1.54) is 0 Å². The van der Waals surface area contributed by atoms with Crippen LogP contribution in [0.3, 0.4) is 0 Å². The second-order valence-electron chi connectivity index (χ2n) is 5.94. The Balaban J connectivity index is 2.23. The Morgan fingerprint density at radius 3 is 2.11 bits per heavy atom. The highest BCUT2D eigenvalue weighted by Crippen LogP contribution is 2.37. The van der Waals surface area contributed by atoms with Crippen LogP contribution in [-0.4, -0.2) is 28.8 Å². The van der Waals surface area contributed by atoms with Crippen molar-refractivity contribution in [3.05, 3.63) is 0 Å². The maximum atomic E-state index is 12.2. The Hall–Kier alpha value is -0.900. The van der Waals surface area contributed by atoms with Crippen molar-refractivity contribution in [2.75, 3.05) is 6.54 Å². The zero-order valence-electron chi connectivity index (χ0n) is 11.3. The predicted molar refractivity (Wildman–Crippen MR) is 69.7 cm³/mol. The van der Waals surface area contributed by atoms with Gasteiger partial charge in [-0.05, 0) is 44.4 Å². The molecule has 1 saturated heterocycles. The first-order valence-corrected chi connectivity index (χ1v) is 7.15. The van der Waals surface area contributed by atoms with Gasteiger partial charge in [-0.2, -0.15) is 0 Å². The number of carbonyl (C=O) groups excluding carboxylic acids is 2. The van der Waals surface area contributed by atoms with Crippen LogP contribution in [0, 0.1) is 5.92 Å².